The molecule has 0 saturated carbocycles. The average molecular weight is 257 g/mol. The molecule has 0 aliphatic rings. The Bertz CT molecular complexity index is 546. The summed E-state index contributed by atoms with van der Waals surface area (Å²) in [6, 6.07) is 7.98. The van der Waals surface area contributed by atoms with Crippen LogP contribution in [0.5, 0.6) is 0 Å². The maximum Gasteiger partial charge on any atom is 0.371 e. The van der Waals surface area contributed by atoms with Crippen molar-refractivity contribution in [2.24, 2.45) is 0 Å². The van der Waals surface area contributed by atoms with E-state index >= 15 is 0 Å². The van der Waals surface area contributed by atoms with E-state index in [9.17, 15) is 4.79 Å². The molecule has 0 radical (unpaired) electrons. The second-order valence-corrected chi connectivity index (χ2v) is 3.86. The highest BCUT2D eigenvalue weighted by Gasteiger charge is 2.13. The normalized spacial score (nSPS) is 10.4. The van der Waals surface area contributed by atoms with Gasteiger partial charge in [0.2, 0.25) is 5.76 Å². The number of carboxylic acid groups (broad SMARTS) is 1. The molecule has 0 aliphatic carbocycles. The van der Waals surface area contributed by atoms with Gasteiger partial charge in [0.25, 0.3) is 0 Å². The molecule has 0 aliphatic heterocycles. The van der Waals surface area contributed by atoms with Crippen molar-refractivity contribution in [3.8, 4) is 11.3 Å². The predicted octanol–water partition coefficient (Wildman–Crippen LogP) is 3.95. The molecule has 1 N–H and O–H groups in total. The van der Waals surface area contributed by atoms with Crippen LogP contribution in [0.2, 0.25) is 10.0 Å². The van der Waals surface area contributed by atoms with Crippen LogP contribution < -0.4 is 0 Å². The van der Waals surface area contributed by atoms with E-state index in [0.29, 0.717) is 21.4 Å². The van der Waals surface area contributed by atoms with Gasteiger partial charge in [0.1, 0.15) is 5.76 Å². The topological polar surface area (TPSA) is 50.4 Å². The third-order valence-electron chi connectivity index (χ3n) is 2.03. The molecule has 0 saturated heterocycles. The molecule has 0 spiro atoms. The molecule has 0 unspecified atom stereocenters. The van der Waals surface area contributed by atoms with Crippen LogP contribution >= 0.6 is 23.2 Å². The van der Waals surface area contributed by atoms with E-state index < -0.39 is 5.97 Å². The van der Waals surface area contributed by atoms with Crippen LogP contribution in [0.1, 0.15) is 10.6 Å². The minimum Gasteiger partial charge on any atom is -0.475 e. The predicted molar refractivity (Wildman–Crippen MR) is 61.1 cm³/mol. The molecule has 2 aromatic rings. The van der Waals surface area contributed by atoms with E-state index in [1.165, 1.54) is 6.07 Å². The van der Waals surface area contributed by atoms with Crippen molar-refractivity contribution in [3.63, 3.8) is 0 Å². The molecule has 1 aromatic carbocycles. The number of halogens is 2. The van der Waals surface area contributed by atoms with E-state index in [4.69, 9.17) is 32.7 Å². The number of benzene rings is 1. The van der Waals surface area contributed by atoms with Gasteiger partial charge in [-0.25, -0.2) is 4.79 Å². The molecule has 0 amide bonds. The van der Waals surface area contributed by atoms with Crippen molar-refractivity contribution in [2.45, 2.75) is 0 Å². The number of hydrogen-bond acceptors (Lipinski definition) is 2. The van der Waals surface area contributed by atoms with Crippen molar-refractivity contribution in [1.29, 1.82) is 0 Å². The molecular weight excluding hydrogens is 251 g/mol. The van der Waals surface area contributed by atoms with E-state index in [1.807, 2.05) is 0 Å². The third-order valence-corrected chi connectivity index (χ3v) is 2.85. The smallest absolute Gasteiger partial charge is 0.371 e. The SMILES string of the molecule is O=C(O)c1ccc(-c2cccc(Cl)c2Cl)o1. The van der Waals surface area contributed by atoms with Gasteiger partial charge < -0.3 is 9.52 Å². The first-order chi connectivity index (χ1) is 7.59. The van der Waals surface area contributed by atoms with Crippen LogP contribution in [0.3, 0.4) is 0 Å². The van der Waals surface area contributed by atoms with Crippen molar-refractivity contribution in [2.75, 3.05) is 0 Å². The van der Waals surface area contributed by atoms with Crippen LogP contribution in [-0.2, 0) is 0 Å². The molecule has 16 heavy (non-hydrogen) atoms. The summed E-state index contributed by atoms with van der Waals surface area (Å²) in [7, 11) is 0. The Labute approximate surface area is 101 Å². The van der Waals surface area contributed by atoms with Gasteiger partial charge in [0.15, 0.2) is 0 Å². The summed E-state index contributed by atoms with van der Waals surface area (Å²) >= 11 is 11.8. The first kappa shape index (κ1) is 11.0. The van der Waals surface area contributed by atoms with Crippen molar-refractivity contribution in [3.05, 3.63) is 46.1 Å². The molecule has 1 aromatic heterocycles. The van der Waals surface area contributed by atoms with Crippen molar-refractivity contribution < 1.29 is 14.3 Å². The van der Waals surface area contributed by atoms with Gasteiger partial charge in [-0.1, -0.05) is 29.3 Å². The molecule has 1 heterocycles. The van der Waals surface area contributed by atoms with E-state index in [-0.39, 0.29) is 5.76 Å². The van der Waals surface area contributed by atoms with Crippen molar-refractivity contribution >= 4 is 29.2 Å². The molecule has 3 nitrogen and oxygen atoms in total. The second-order valence-electron chi connectivity index (χ2n) is 3.07. The lowest BCUT2D eigenvalue weighted by atomic mass is 10.2. The molecule has 2 rings (SSSR count). The number of furan rings is 1. The summed E-state index contributed by atoms with van der Waals surface area (Å²) in [5.41, 5.74) is 0.571. The van der Waals surface area contributed by atoms with Crippen LogP contribution in [0.25, 0.3) is 11.3 Å². The number of hydrogen-bond donors (Lipinski definition) is 1. The van der Waals surface area contributed by atoms with Crippen LogP contribution in [0.4, 0.5) is 0 Å². The number of rotatable bonds is 2. The van der Waals surface area contributed by atoms with Crippen LogP contribution in [-0.4, -0.2) is 11.1 Å². The average Bonchev–Trinajstić information content (AvgIpc) is 2.71. The zero-order chi connectivity index (χ0) is 11.7. The van der Waals surface area contributed by atoms with Crippen molar-refractivity contribution in [1.82, 2.24) is 0 Å². The maximum absolute atomic E-state index is 10.6. The fourth-order valence-corrected chi connectivity index (χ4v) is 1.69. The molecular formula is C11H6Cl2O3. The third kappa shape index (κ3) is 1.92. The Morgan fingerprint density at radius 1 is 1.19 bits per heavy atom. The summed E-state index contributed by atoms with van der Waals surface area (Å²) in [5, 5.41) is 9.45. The van der Waals surface area contributed by atoms with E-state index in [0.717, 1.165) is 0 Å². The minimum absolute atomic E-state index is 0.133. The highest BCUT2D eigenvalue weighted by molar-refractivity contribution is 6.43. The van der Waals surface area contributed by atoms with Gasteiger partial charge in [-0.2, -0.15) is 0 Å². The lowest BCUT2D eigenvalue weighted by Crippen LogP contribution is -1.91. The maximum atomic E-state index is 10.6. The van der Waals surface area contributed by atoms with E-state index in [1.54, 1.807) is 24.3 Å². The summed E-state index contributed by atoms with van der Waals surface area (Å²) < 4.78 is 5.12. The number of aromatic carboxylic acids is 1. The minimum atomic E-state index is -1.12. The highest BCUT2D eigenvalue weighted by Crippen LogP contribution is 2.34. The Kier molecular flexibility index (Phi) is 2.90. The highest BCUT2D eigenvalue weighted by atomic mass is 35.5. The Hall–Kier alpha value is -1.45. The first-order valence-corrected chi connectivity index (χ1v) is 5.12. The number of carboxylic acids is 1. The molecule has 5 heteroatoms. The second kappa shape index (κ2) is 4.20. The first-order valence-electron chi connectivity index (χ1n) is 4.37. The Balaban J connectivity index is 2.50. The van der Waals surface area contributed by atoms with Gasteiger partial charge in [-0.15, -0.1) is 0 Å². The number of carbonyl (C=O) groups is 1. The van der Waals surface area contributed by atoms with Gasteiger partial charge in [0, 0.05) is 5.56 Å². The monoisotopic (exact) mass is 256 g/mol. The summed E-state index contributed by atoms with van der Waals surface area (Å²) in [6.45, 7) is 0. The van der Waals surface area contributed by atoms with E-state index in [2.05, 4.69) is 0 Å². The largest absolute Gasteiger partial charge is 0.475 e. The standard InChI is InChI=1S/C11H6Cl2O3/c12-7-3-1-2-6(10(7)13)8-4-5-9(16-8)11(14)15/h1-5H,(H,14,15). The Morgan fingerprint density at radius 3 is 2.56 bits per heavy atom. The summed E-state index contributed by atoms with van der Waals surface area (Å²) in [5.74, 6) is -0.875. The quantitative estimate of drug-likeness (QED) is 0.885. The lowest BCUT2D eigenvalue weighted by molar-refractivity contribution is 0.0663. The molecule has 0 atom stereocenters. The molecule has 82 valence electrons. The molecule has 0 fully saturated rings. The van der Waals surface area contributed by atoms with Gasteiger partial charge in [-0.05, 0) is 24.3 Å². The zero-order valence-electron chi connectivity index (χ0n) is 7.91. The Morgan fingerprint density at radius 2 is 1.94 bits per heavy atom. The summed E-state index contributed by atoms with van der Waals surface area (Å²) in [6.07, 6.45) is 0. The lowest BCUT2D eigenvalue weighted by Gasteiger charge is -2.01. The summed E-state index contributed by atoms with van der Waals surface area (Å²) in [4.78, 5) is 10.6. The van der Waals surface area contributed by atoms with Gasteiger partial charge in [0.05, 0.1) is 10.0 Å². The fourth-order valence-electron chi connectivity index (χ4n) is 1.29. The van der Waals surface area contributed by atoms with Crippen LogP contribution in [0.15, 0.2) is 34.7 Å². The fraction of sp³-hybridized carbons (Fsp3) is 0. The van der Waals surface area contributed by atoms with Gasteiger partial charge in [-0.3, -0.25) is 0 Å². The molecule has 0 bridgehead atoms. The van der Waals surface area contributed by atoms with Crippen LogP contribution in [0, 0.1) is 0 Å². The zero-order valence-corrected chi connectivity index (χ0v) is 9.42. The van der Waals surface area contributed by atoms with Gasteiger partial charge >= 0.3 is 5.97 Å².